The van der Waals surface area contributed by atoms with Gasteiger partial charge >= 0.3 is 0 Å². The lowest BCUT2D eigenvalue weighted by atomic mass is 10.2. The van der Waals surface area contributed by atoms with Gasteiger partial charge in [-0.05, 0) is 25.3 Å². The maximum atomic E-state index is 11.9. The van der Waals surface area contributed by atoms with Crippen molar-refractivity contribution in [3.8, 4) is 0 Å². The highest BCUT2D eigenvalue weighted by Gasteiger charge is 2.15. The molecule has 0 aliphatic carbocycles. The minimum Gasteiger partial charge on any atom is -0.293 e. The number of thiophene rings is 1. The van der Waals surface area contributed by atoms with Crippen LogP contribution in [0.15, 0.2) is 11.4 Å². The number of aromatic nitrogens is 1. The molecule has 0 saturated carbocycles. The number of carbonyl (C=O) groups excluding carboxylic acids is 1. The van der Waals surface area contributed by atoms with Gasteiger partial charge in [-0.15, -0.1) is 22.7 Å². The lowest BCUT2D eigenvalue weighted by Crippen LogP contribution is -2.01. The van der Waals surface area contributed by atoms with E-state index in [2.05, 4.69) is 4.98 Å². The summed E-state index contributed by atoms with van der Waals surface area (Å²) < 4.78 is 0. The van der Waals surface area contributed by atoms with Gasteiger partial charge in [-0.2, -0.15) is 0 Å². The van der Waals surface area contributed by atoms with Gasteiger partial charge in [0.2, 0.25) is 0 Å². The first-order valence-electron chi connectivity index (χ1n) is 4.77. The molecular formula is C11H10ClNOS2. The molecule has 0 aliphatic heterocycles. The fraction of sp³-hybridized carbons (Fsp3) is 0.273. The second-order valence-corrected chi connectivity index (χ2v) is 6.06. The molecule has 0 saturated heterocycles. The van der Waals surface area contributed by atoms with Crippen LogP contribution in [-0.4, -0.2) is 10.8 Å². The summed E-state index contributed by atoms with van der Waals surface area (Å²) in [6.45, 7) is 3.97. The van der Waals surface area contributed by atoms with Crippen molar-refractivity contribution < 1.29 is 4.79 Å². The van der Waals surface area contributed by atoms with E-state index in [-0.39, 0.29) is 5.78 Å². The van der Waals surface area contributed by atoms with E-state index in [0.717, 1.165) is 10.7 Å². The van der Waals surface area contributed by atoms with Crippen LogP contribution in [0.1, 0.15) is 25.3 Å². The van der Waals surface area contributed by atoms with Gasteiger partial charge < -0.3 is 0 Å². The van der Waals surface area contributed by atoms with Crippen LogP contribution in [0.5, 0.6) is 0 Å². The third-order valence-electron chi connectivity index (χ3n) is 2.26. The number of aryl methyl sites for hydroxylation is 2. The van der Waals surface area contributed by atoms with Gasteiger partial charge in [-0.25, -0.2) is 4.98 Å². The Bertz CT molecular complexity index is 510. The van der Waals surface area contributed by atoms with Gasteiger partial charge in [0.15, 0.2) is 5.78 Å². The molecule has 0 unspecified atom stereocenters. The molecule has 0 amide bonds. The molecule has 0 radical (unpaired) electrons. The molecule has 2 heterocycles. The highest BCUT2D eigenvalue weighted by atomic mass is 35.5. The predicted molar refractivity (Wildman–Crippen MR) is 69.0 cm³/mol. The number of halogens is 1. The van der Waals surface area contributed by atoms with E-state index in [1.54, 1.807) is 17.4 Å². The average Bonchev–Trinajstić information content (AvgIpc) is 2.74. The quantitative estimate of drug-likeness (QED) is 0.793. The van der Waals surface area contributed by atoms with E-state index in [4.69, 9.17) is 11.6 Å². The first-order chi connectivity index (χ1) is 7.58. The van der Waals surface area contributed by atoms with Crippen LogP contribution in [0, 0.1) is 13.8 Å². The monoisotopic (exact) mass is 271 g/mol. The fourth-order valence-electron chi connectivity index (χ4n) is 1.33. The number of nitrogens with zero attached hydrogens (tertiary/aromatic N) is 1. The topological polar surface area (TPSA) is 30.0 Å². The predicted octanol–water partition coefficient (Wildman–Crippen LogP) is 3.90. The van der Waals surface area contributed by atoms with Crippen LogP contribution in [0.2, 0.25) is 5.02 Å². The maximum absolute atomic E-state index is 11.9. The molecule has 0 spiro atoms. The number of hydrogen-bond acceptors (Lipinski definition) is 4. The van der Waals surface area contributed by atoms with Gasteiger partial charge in [0.1, 0.15) is 5.01 Å². The number of thiazole rings is 1. The summed E-state index contributed by atoms with van der Waals surface area (Å²) >= 11 is 8.87. The number of Topliss-reactive ketones (excluding diaryl/α,β-unsaturated/α-hetero) is 1. The normalized spacial score (nSPS) is 10.7. The van der Waals surface area contributed by atoms with Crippen molar-refractivity contribution in [3.63, 3.8) is 0 Å². The van der Waals surface area contributed by atoms with Gasteiger partial charge in [0.05, 0.1) is 22.0 Å². The van der Waals surface area contributed by atoms with Crippen LogP contribution in [0.4, 0.5) is 0 Å². The molecule has 2 aromatic rings. The standard InChI is InChI=1S/C11H10ClNOS2/c1-6-7(2)16-10(13-6)5-9(14)11-8(12)3-4-15-11/h3-4H,5H2,1-2H3. The number of carbonyl (C=O) groups is 1. The molecule has 0 atom stereocenters. The molecule has 0 aromatic carbocycles. The Morgan fingerprint density at radius 3 is 2.75 bits per heavy atom. The zero-order chi connectivity index (χ0) is 11.7. The van der Waals surface area contributed by atoms with E-state index in [1.165, 1.54) is 16.2 Å². The first-order valence-corrected chi connectivity index (χ1v) is 6.84. The van der Waals surface area contributed by atoms with Crippen molar-refractivity contribution in [3.05, 3.63) is 36.9 Å². The van der Waals surface area contributed by atoms with E-state index in [9.17, 15) is 4.79 Å². The maximum Gasteiger partial charge on any atom is 0.181 e. The second kappa shape index (κ2) is 4.65. The summed E-state index contributed by atoms with van der Waals surface area (Å²) in [5.41, 5.74) is 1.00. The van der Waals surface area contributed by atoms with Crippen molar-refractivity contribution in [1.29, 1.82) is 0 Å². The molecule has 2 aromatic heterocycles. The smallest absolute Gasteiger partial charge is 0.181 e. The SMILES string of the molecule is Cc1nc(CC(=O)c2sccc2Cl)sc1C. The number of rotatable bonds is 3. The molecule has 0 fully saturated rings. The van der Waals surface area contributed by atoms with Crippen molar-refractivity contribution in [2.24, 2.45) is 0 Å². The fourth-order valence-corrected chi connectivity index (χ4v) is 3.36. The number of hydrogen-bond donors (Lipinski definition) is 0. The Kier molecular flexibility index (Phi) is 3.42. The Labute approximate surface area is 107 Å². The summed E-state index contributed by atoms with van der Waals surface area (Å²) in [4.78, 5) is 18.1. The van der Waals surface area contributed by atoms with E-state index < -0.39 is 0 Å². The Hall–Kier alpha value is -0.710. The summed E-state index contributed by atoms with van der Waals surface area (Å²) in [5.74, 6) is 0.0498. The summed E-state index contributed by atoms with van der Waals surface area (Å²) in [6.07, 6.45) is 0.347. The summed E-state index contributed by atoms with van der Waals surface area (Å²) in [5, 5.41) is 3.23. The number of ketones is 1. The summed E-state index contributed by atoms with van der Waals surface area (Å²) in [6, 6.07) is 1.75. The highest BCUT2D eigenvalue weighted by molar-refractivity contribution is 7.13. The minimum atomic E-state index is 0.0498. The van der Waals surface area contributed by atoms with Crippen LogP contribution >= 0.6 is 34.3 Å². The Balaban J connectivity index is 2.17. The molecule has 84 valence electrons. The Morgan fingerprint density at radius 2 is 2.25 bits per heavy atom. The Morgan fingerprint density at radius 1 is 1.50 bits per heavy atom. The molecule has 2 rings (SSSR count). The molecule has 0 N–H and O–H groups in total. The molecule has 5 heteroatoms. The highest BCUT2D eigenvalue weighted by Crippen LogP contribution is 2.25. The van der Waals surface area contributed by atoms with E-state index in [1.807, 2.05) is 19.2 Å². The molecule has 2 nitrogen and oxygen atoms in total. The van der Waals surface area contributed by atoms with Gasteiger partial charge in [-0.3, -0.25) is 4.79 Å². The molecule has 0 aliphatic rings. The van der Waals surface area contributed by atoms with Crippen LogP contribution in [-0.2, 0) is 6.42 Å². The van der Waals surface area contributed by atoms with E-state index >= 15 is 0 Å². The van der Waals surface area contributed by atoms with Crippen LogP contribution in [0.25, 0.3) is 0 Å². The molecule has 0 bridgehead atoms. The lowest BCUT2D eigenvalue weighted by molar-refractivity contribution is 0.0997. The van der Waals surface area contributed by atoms with Crippen molar-refractivity contribution in [2.45, 2.75) is 20.3 Å². The van der Waals surface area contributed by atoms with Crippen molar-refractivity contribution >= 4 is 40.1 Å². The zero-order valence-electron chi connectivity index (χ0n) is 8.91. The van der Waals surface area contributed by atoms with E-state index in [0.29, 0.717) is 16.3 Å². The van der Waals surface area contributed by atoms with Gasteiger partial charge in [-0.1, -0.05) is 11.6 Å². The molecule has 16 heavy (non-hydrogen) atoms. The summed E-state index contributed by atoms with van der Waals surface area (Å²) in [7, 11) is 0. The zero-order valence-corrected chi connectivity index (χ0v) is 11.3. The molecular weight excluding hydrogens is 262 g/mol. The van der Waals surface area contributed by atoms with Gasteiger partial charge in [0, 0.05) is 4.88 Å². The second-order valence-electron chi connectivity index (χ2n) is 3.45. The average molecular weight is 272 g/mol. The third-order valence-corrected chi connectivity index (χ3v) is 4.71. The van der Waals surface area contributed by atoms with Crippen molar-refractivity contribution in [1.82, 2.24) is 4.98 Å². The largest absolute Gasteiger partial charge is 0.293 e. The first kappa shape index (κ1) is 11.8. The van der Waals surface area contributed by atoms with Crippen molar-refractivity contribution in [2.75, 3.05) is 0 Å². The lowest BCUT2D eigenvalue weighted by Gasteiger charge is -1.95. The minimum absolute atomic E-state index is 0.0498. The van der Waals surface area contributed by atoms with Crippen LogP contribution < -0.4 is 0 Å². The van der Waals surface area contributed by atoms with Gasteiger partial charge in [0.25, 0.3) is 0 Å². The van der Waals surface area contributed by atoms with Crippen LogP contribution in [0.3, 0.4) is 0 Å². The third kappa shape index (κ3) is 2.34.